The standard InChI is InChI=1S/C18H21ClN2O3/c1-12(2)24-17-15(19)9-13(10-16(17)23-3)8-14(11-20)18(22)21-6-4-5-7-21/h8-10,12H,4-7H2,1-3H3/b14-8+. The highest BCUT2D eigenvalue weighted by Gasteiger charge is 2.22. The second-order valence-corrected chi connectivity index (χ2v) is 6.28. The molecule has 0 radical (unpaired) electrons. The summed E-state index contributed by atoms with van der Waals surface area (Å²) in [4.78, 5) is 14.1. The second kappa shape index (κ2) is 8.07. The van der Waals surface area contributed by atoms with Gasteiger partial charge in [0.25, 0.3) is 5.91 Å². The van der Waals surface area contributed by atoms with Crippen molar-refractivity contribution in [3.8, 4) is 17.6 Å². The van der Waals surface area contributed by atoms with Crippen LogP contribution in [0.2, 0.25) is 5.02 Å². The van der Waals surface area contributed by atoms with Gasteiger partial charge in [0.05, 0.1) is 18.2 Å². The zero-order chi connectivity index (χ0) is 17.7. The maximum Gasteiger partial charge on any atom is 0.264 e. The first kappa shape index (κ1) is 18.2. The van der Waals surface area contributed by atoms with Gasteiger partial charge < -0.3 is 14.4 Å². The number of nitrogens with zero attached hydrogens (tertiary/aromatic N) is 2. The van der Waals surface area contributed by atoms with Gasteiger partial charge in [0.1, 0.15) is 11.6 Å². The Labute approximate surface area is 147 Å². The minimum Gasteiger partial charge on any atom is -0.493 e. The topological polar surface area (TPSA) is 62.6 Å². The number of carbonyl (C=O) groups excluding carboxylic acids is 1. The molecule has 1 aromatic rings. The highest BCUT2D eigenvalue weighted by molar-refractivity contribution is 6.32. The van der Waals surface area contributed by atoms with E-state index in [1.807, 2.05) is 19.9 Å². The van der Waals surface area contributed by atoms with Crippen LogP contribution >= 0.6 is 11.6 Å². The quantitative estimate of drug-likeness (QED) is 0.601. The van der Waals surface area contributed by atoms with Crippen LogP contribution in [0, 0.1) is 11.3 Å². The van der Waals surface area contributed by atoms with E-state index in [1.165, 1.54) is 13.2 Å². The summed E-state index contributed by atoms with van der Waals surface area (Å²) >= 11 is 6.28. The first-order chi connectivity index (χ1) is 11.5. The van der Waals surface area contributed by atoms with Gasteiger partial charge in [-0.05, 0) is 50.5 Å². The molecule has 5 nitrogen and oxygen atoms in total. The summed E-state index contributed by atoms with van der Waals surface area (Å²) in [7, 11) is 1.52. The first-order valence-electron chi connectivity index (χ1n) is 7.91. The number of carbonyl (C=O) groups is 1. The van der Waals surface area contributed by atoms with Gasteiger partial charge in [-0.3, -0.25) is 4.79 Å². The van der Waals surface area contributed by atoms with Crippen molar-refractivity contribution in [2.24, 2.45) is 0 Å². The van der Waals surface area contributed by atoms with Gasteiger partial charge in [0, 0.05) is 13.1 Å². The molecule has 1 saturated heterocycles. The van der Waals surface area contributed by atoms with E-state index in [0.29, 0.717) is 35.2 Å². The van der Waals surface area contributed by atoms with Crippen LogP contribution in [0.5, 0.6) is 11.5 Å². The summed E-state index contributed by atoms with van der Waals surface area (Å²) in [5, 5.41) is 9.71. The smallest absolute Gasteiger partial charge is 0.264 e. The Morgan fingerprint density at radius 2 is 2.04 bits per heavy atom. The fourth-order valence-electron chi connectivity index (χ4n) is 2.57. The van der Waals surface area contributed by atoms with E-state index >= 15 is 0 Å². The monoisotopic (exact) mass is 348 g/mol. The van der Waals surface area contributed by atoms with Gasteiger partial charge in [0.15, 0.2) is 11.5 Å². The average Bonchev–Trinajstić information content (AvgIpc) is 3.08. The van der Waals surface area contributed by atoms with Crippen LogP contribution in [0.15, 0.2) is 17.7 Å². The van der Waals surface area contributed by atoms with Crippen LogP contribution in [0.3, 0.4) is 0 Å². The van der Waals surface area contributed by atoms with Crippen LogP contribution in [0.4, 0.5) is 0 Å². The molecule has 0 aromatic heterocycles. The van der Waals surface area contributed by atoms with E-state index in [4.69, 9.17) is 21.1 Å². The zero-order valence-electron chi connectivity index (χ0n) is 14.1. The lowest BCUT2D eigenvalue weighted by molar-refractivity contribution is -0.125. The minimum atomic E-state index is -0.243. The molecular formula is C18H21ClN2O3. The summed E-state index contributed by atoms with van der Waals surface area (Å²) in [5.41, 5.74) is 0.713. The number of likely N-dealkylation sites (tertiary alicyclic amines) is 1. The van der Waals surface area contributed by atoms with Crippen molar-refractivity contribution in [2.45, 2.75) is 32.8 Å². The van der Waals surface area contributed by atoms with Crippen molar-refractivity contribution >= 4 is 23.6 Å². The van der Waals surface area contributed by atoms with Gasteiger partial charge in [0.2, 0.25) is 0 Å². The van der Waals surface area contributed by atoms with Gasteiger partial charge >= 0.3 is 0 Å². The van der Waals surface area contributed by atoms with Crippen molar-refractivity contribution in [2.75, 3.05) is 20.2 Å². The Morgan fingerprint density at radius 3 is 2.58 bits per heavy atom. The van der Waals surface area contributed by atoms with Crippen LogP contribution in [-0.4, -0.2) is 37.1 Å². The highest BCUT2D eigenvalue weighted by atomic mass is 35.5. The molecule has 1 aromatic carbocycles. The van der Waals surface area contributed by atoms with Gasteiger partial charge in [-0.1, -0.05) is 11.6 Å². The Morgan fingerprint density at radius 1 is 1.38 bits per heavy atom. The van der Waals surface area contributed by atoms with Crippen molar-refractivity contribution in [1.29, 1.82) is 5.26 Å². The third kappa shape index (κ3) is 4.21. The summed E-state index contributed by atoms with van der Waals surface area (Å²) in [6.07, 6.45) is 3.44. The number of ether oxygens (including phenoxy) is 2. The molecule has 0 bridgehead atoms. The second-order valence-electron chi connectivity index (χ2n) is 5.87. The molecule has 128 valence electrons. The molecule has 0 saturated carbocycles. The predicted octanol–water partition coefficient (Wildman–Crippen LogP) is 3.67. The van der Waals surface area contributed by atoms with E-state index in [9.17, 15) is 10.1 Å². The molecule has 24 heavy (non-hydrogen) atoms. The Hall–Kier alpha value is -2.19. The summed E-state index contributed by atoms with van der Waals surface area (Å²) < 4.78 is 11.0. The molecular weight excluding hydrogens is 328 g/mol. The summed E-state index contributed by atoms with van der Waals surface area (Å²) in [5.74, 6) is 0.677. The van der Waals surface area contributed by atoms with Crippen molar-refractivity contribution in [3.05, 3.63) is 28.3 Å². The third-order valence-electron chi connectivity index (χ3n) is 3.66. The molecule has 0 atom stereocenters. The molecule has 6 heteroatoms. The lowest BCUT2D eigenvalue weighted by Gasteiger charge is -2.16. The fourth-order valence-corrected chi connectivity index (χ4v) is 2.84. The van der Waals surface area contributed by atoms with E-state index in [0.717, 1.165) is 12.8 Å². The maximum atomic E-state index is 12.4. The van der Waals surface area contributed by atoms with E-state index in [2.05, 4.69) is 0 Å². The molecule has 0 spiro atoms. The fraction of sp³-hybridized carbons (Fsp3) is 0.444. The lowest BCUT2D eigenvalue weighted by Crippen LogP contribution is -2.28. The third-order valence-corrected chi connectivity index (χ3v) is 3.94. The Kier molecular flexibility index (Phi) is 6.10. The van der Waals surface area contributed by atoms with E-state index in [-0.39, 0.29) is 17.6 Å². The van der Waals surface area contributed by atoms with Crippen LogP contribution in [-0.2, 0) is 4.79 Å². The molecule has 1 fully saturated rings. The number of nitriles is 1. The normalized spacial score (nSPS) is 14.7. The van der Waals surface area contributed by atoms with Gasteiger partial charge in [-0.25, -0.2) is 0 Å². The SMILES string of the molecule is COc1cc(/C=C(\C#N)C(=O)N2CCCC2)cc(Cl)c1OC(C)C. The zero-order valence-corrected chi connectivity index (χ0v) is 14.9. The first-order valence-corrected chi connectivity index (χ1v) is 8.29. The predicted molar refractivity (Wildman–Crippen MR) is 93.2 cm³/mol. The number of benzene rings is 1. The van der Waals surface area contributed by atoms with Crippen molar-refractivity contribution in [1.82, 2.24) is 4.90 Å². The number of hydrogen-bond donors (Lipinski definition) is 0. The van der Waals surface area contributed by atoms with Crippen molar-refractivity contribution < 1.29 is 14.3 Å². The van der Waals surface area contributed by atoms with Crippen molar-refractivity contribution in [3.63, 3.8) is 0 Å². The van der Waals surface area contributed by atoms with Crippen LogP contribution in [0.25, 0.3) is 6.08 Å². The summed E-state index contributed by atoms with van der Waals surface area (Å²) in [6, 6.07) is 5.36. The van der Waals surface area contributed by atoms with Crippen LogP contribution < -0.4 is 9.47 Å². The van der Waals surface area contributed by atoms with E-state index < -0.39 is 0 Å². The number of amides is 1. The summed E-state index contributed by atoms with van der Waals surface area (Å²) in [6.45, 7) is 5.18. The average molecular weight is 349 g/mol. The lowest BCUT2D eigenvalue weighted by atomic mass is 10.1. The minimum absolute atomic E-state index is 0.0517. The molecule has 1 aliphatic rings. The largest absolute Gasteiger partial charge is 0.493 e. The molecule has 0 unspecified atom stereocenters. The van der Waals surface area contributed by atoms with E-state index in [1.54, 1.807) is 17.0 Å². The molecule has 0 N–H and O–H groups in total. The number of rotatable bonds is 5. The molecule has 2 rings (SSSR count). The Balaban J connectivity index is 2.35. The Bertz CT molecular complexity index is 686. The maximum absolute atomic E-state index is 12.4. The molecule has 1 heterocycles. The molecule has 1 amide bonds. The van der Waals surface area contributed by atoms with Crippen LogP contribution in [0.1, 0.15) is 32.3 Å². The number of halogens is 1. The number of hydrogen-bond acceptors (Lipinski definition) is 4. The van der Waals surface area contributed by atoms with Gasteiger partial charge in [-0.15, -0.1) is 0 Å². The van der Waals surface area contributed by atoms with Gasteiger partial charge in [-0.2, -0.15) is 5.26 Å². The highest BCUT2D eigenvalue weighted by Crippen LogP contribution is 2.37. The molecule has 1 aliphatic heterocycles. The molecule has 0 aliphatic carbocycles. The number of methoxy groups -OCH3 is 1.